The number of hydrogen-bond donors (Lipinski definition) is 1. The van der Waals surface area contributed by atoms with Crippen molar-refractivity contribution in [3.05, 3.63) is 48.0 Å². The number of nitrogens with one attached hydrogen (secondary N) is 1. The van der Waals surface area contributed by atoms with Crippen molar-refractivity contribution in [3.8, 4) is 0 Å². The number of hydrogen-bond acceptors (Lipinski definition) is 0. The van der Waals surface area contributed by atoms with Crippen LogP contribution in [0.2, 0.25) is 0 Å². The number of aromatic nitrogens is 2. The Morgan fingerprint density at radius 3 is 1.62 bits per heavy atom. The van der Waals surface area contributed by atoms with Gasteiger partial charge in [-0.2, -0.15) is 12.4 Å². The molecule has 2 aromatic rings. The van der Waals surface area contributed by atoms with Crippen molar-refractivity contribution in [2.75, 3.05) is 0 Å². The Morgan fingerprint density at radius 1 is 1.00 bits per heavy atom. The SMILES string of the molecule is Cc1ccc(C)[nH]1.[K+].c1cc[n-]c1. The fraction of sp³-hybridized carbons (Fsp3) is 0.200. The summed E-state index contributed by atoms with van der Waals surface area (Å²) in [6, 6.07) is 7.91. The second kappa shape index (κ2) is 7.59. The molecule has 0 saturated heterocycles. The number of H-pyrrole nitrogens is 1. The average Bonchev–Trinajstić information content (AvgIpc) is 2.63. The molecule has 2 rings (SSSR count). The molecule has 0 aliphatic carbocycles. The molecular weight excluding hydrogens is 187 g/mol. The maximum Gasteiger partial charge on any atom is 1.00 e. The summed E-state index contributed by atoms with van der Waals surface area (Å²) in [5, 5.41) is 0. The zero-order valence-electron chi connectivity index (χ0n) is 8.41. The predicted octanol–water partition coefficient (Wildman–Crippen LogP) is -0.721. The first-order valence-corrected chi connectivity index (χ1v) is 3.93. The molecule has 2 heterocycles. The van der Waals surface area contributed by atoms with Crippen molar-refractivity contribution < 1.29 is 51.4 Å². The van der Waals surface area contributed by atoms with E-state index in [9.17, 15) is 0 Å². The summed E-state index contributed by atoms with van der Waals surface area (Å²) in [6.07, 6.45) is 3.50. The van der Waals surface area contributed by atoms with Gasteiger partial charge in [0.2, 0.25) is 0 Å². The van der Waals surface area contributed by atoms with E-state index in [1.807, 2.05) is 26.0 Å². The molecule has 13 heavy (non-hydrogen) atoms. The molecule has 0 aliphatic rings. The van der Waals surface area contributed by atoms with Gasteiger partial charge in [-0.3, -0.25) is 0 Å². The van der Waals surface area contributed by atoms with Gasteiger partial charge in [-0.1, -0.05) is 12.1 Å². The minimum atomic E-state index is 0. The van der Waals surface area contributed by atoms with Crippen LogP contribution in [0.5, 0.6) is 0 Å². The summed E-state index contributed by atoms with van der Waals surface area (Å²) >= 11 is 0. The molecule has 0 radical (unpaired) electrons. The zero-order valence-corrected chi connectivity index (χ0v) is 11.5. The molecule has 0 spiro atoms. The van der Waals surface area contributed by atoms with E-state index in [2.05, 4.69) is 22.1 Å². The van der Waals surface area contributed by atoms with Crippen molar-refractivity contribution in [2.45, 2.75) is 13.8 Å². The van der Waals surface area contributed by atoms with Gasteiger partial charge in [0.05, 0.1) is 0 Å². The van der Waals surface area contributed by atoms with Gasteiger partial charge in [0, 0.05) is 11.4 Å². The van der Waals surface area contributed by atoms with Gasteiger partial charge in [-0.15, -0.1) is 0 Å². The van der Waals surface area contributed by atoms with Gasteiger partial charge in [0.1, 0.15) is 0 Å². The third-order valence-electron chi connectivity index (χ3n) is 1.43. The Kier molecular flexibility index (Phi) is 7.70. The number of rotatable bonds is 0. The van der Waals surface area contributed by atoms with Crippen LogP contribution in [-0.2, 0) is 0 Å². The molecule has 0 amide bonds. The zero-order chi connectivity index (χ0) is 8.81. The maximum absolute atomic E-state index is 3.72. The van der Waals surface area contributed by atoms with Crippen LogP contribution < -0.4 is 56.4 Å². The molecule has 0 atom stereocenters. The third-order valence-corrected chi connectivity index (χ3v) is 1.43. The van der Waals surface area contributed by atoms with Crippen molar-refractivity contribution in [1.29, 1.82) is 0 Å². The quantitative estimate of drug-likeness (QED) is 0.559. The van der Waals surface area contributed by atoms with Crippen molar-refractivity contribution in [1.82, 2.24) is 9.97 Å². The van der Waals surface area contributed by atoms with Gasteiger partial charge in [-0.05, 0) is 26.0 Å². The molecule has 0 aliphatic heterocycles. The minimum Gasteiger partial charge on any atom is -0.670 e. The summed E-state index contributed by atoms with van der Waals surface area (Å²) < 4.78 is 0. The Hall–Kier alpha value is 0.196. The summed E-state index contributed by atoms with van der Waals surface area (Å²) in [4.78, 5) is 6.86. The number of aromatic amines is 1. The van der Waals surface area contributed by atoms with E-state index in [1.165, 1.54) is 11.4 Å². The Labute approximate surface area is 122 Å². The smallest absolute Gasteiger partial charge is 0.670 e. The first kappa shape index (κ1) is 13.2. The summed E-state index contributed by atoms with van der Waals surface area (Å²) in [5.74, 6) is 0. The summed E-state index contributed by atoms with van der Waals surface area (Å²) in [5.41, 5.74) is 2.47. The van der Waals surface area contributed by atoms with Gasteiger partial charge in [0.15, 0.2) is 0 Å². The van der Waals surface area contributed by atoms with Gasteiger partial charge in [-0.25, -0.2) is 0 Å². The fourth-order valence-corrected chi connectivity index (χ4v) is 0.893. The van der Waals surface area contributed by atoms with Crippen LogP contribution in [0.4, 0.5) is 0 Å². The summed E-state index contributed by atoms with van der Waals surface area (Å²) in [6.45, 7) is 4.10. The molecule has 0 fully saturated rings. The second-order valence-electron chi connectivity index (χ2n) is 2.66. The third kappa shape index (κ3) is 6.29. The van der Waals surface area contributed by atoms with E-state index >= 15 is 0 Å². The monoisotopic (exact) mass is 200 g/mol. The van der Waals surface area contributed by atoms with Crippen LogP contribution in [0.15, 0.2) is 36.7 Å². The van der Waals surface area contributed by atoms with Gasteiger partial charge < -0.3 is 9.97 Å². The molecule has 0 aromatic carbocycles. The van der Waals surface area contributed by atoms with Crippen LogP contribution in [0.1, 0.15) is 11.4 Å². The number of aryl methyl sites for hydroxylation is 2. The first-order chi connectivity index (χ1) is 5.79. The fourth-order valence-electron chi connectivity index (χ4n) is 0.893. The van der Waals surface area contributed by atoms with Crippen molar-refractivity contribution in [3.63, 3.8) is 0 Å². The Morgan fingerprint density at radius 2 is 1.46 bits per heavy atom. The molecule has 2 aromatic heterocycles. The van der Waals surface area contributed by atoms with E-state index in [4.69, 9.17) is 0 Å². The van der Waals surface area contributed by atoms with E-state index in [0.717, 1.165) is 0 Å². The molecule has 0 unspecified atom stereocenters. The van der Waals surface area contributed by atoms with Gasteiger partial charge in [0.25, 0.3) is 0 Å². The molecule has 1 N–H and O–H groups in total. The molecule has 0 bridgehead atoms. The average molecular weight is 200 g/mol. The van der Waals surface area contributed by atoms with E-state index < -0.39 is 0 Å². The van der Waals surface area contributed by atoms with Gasteiger partial charge >= 0.3 is 51.4 Å². The molecular formula is C10H13KN2. The minimum absolute atomic E-state index is 0. The number of nitrogens with zero attached hydrogens (tertiary/aromatic N) is 1. The molecule has 0 saturated carbocycles. The van der Waals surface area contributed by atoms with E-state index in [0.29, 0.717) is 0 Å². The second-order valence-corrected chi connectivity index (χ2v) is 2.66. The Bertz CT molecular complexity index is 265. The van der Waals surface area contributed by atoms with Crippen LogP contribution in [0.3, 0.4) is 0 Å². The summed E-state index contributed by atoms with van der Waals surface area (Å²) in [7, 11) is 0. The molecule has 2 nitrogen and oxygen atoms in total. The van der Waals surface area contributed by atoms with Crippen LogP contribution in [0, 0.1) is 13.8 Å². The van der Waals surface area contributed by atoms with E-state index in [-0.39, 0.29) is 51.4 Å². The van der Waals surface area contributed by atoms with Crippen LogP contribution >= 0.6 is 0 Å². The predicted molar refractivity (Wildman–Crippen MR) is 50.0 cm³/mol. The van der Waals surface area contributed by atoms with Crippen LogP contribution in [0.25, 0.3) is 0 Å². The largest absolute Gasteiger partial charge is 1.00 e. The van der Waals surface area contributed by atoms with Crippen molar-refractivity contribution in [2.24, 2.45) is 0 Å². The van der Waals surface area contributed by atoms with Crippen molar-refractivity contribution >= 4 is 0 Å². The topological polar surface area (TPSA) is 29.9 Å². The standard InChI is InChI=1S/C6H9N.C4H4N.K/c1-5-3-4-6(2)7-5;1-2-4-5-3-1;/h3-4,7H,1-2H3;1-4H;/q;-1;+1. The normalized spacial score (nSPS) is 8.15. The molecule has 64 valence electrons. The first-order valence-electron chi connectivity index (χ1n) is 3.93. The van der Waals surface area contributed by atoms with E-state index in [1.54, 1.807) is 12.4 Å². The molecule has 3 heteroatoms. The van der Waals surface area contributed by atoms with Crippen LogP contribution in [-0.4, -0.2) is 4.98 Å². The Balaban J connectivity index is 0.000000215. The maximum atomic E-state index is 3.72.